The molecule has 1 saturated heterocycles. The van der Waals surface area contributed by atoms with Gasteiger partial charge in [0.25, 0.3) is 5.91 Å². The number of nitrogens with zero attached hydrogens (tertiary/aromatic N) is 2. The quantitative estimate of drug-likeness (QED) is 0.806. The van der Waals surface area contributed by atoms with Gasteiger partial charge in [-0.05, 0) is 18.7 Å². The summed E-state index contributed by atoms with van der Waals surface area (Å²) in [4.78, 5) is 30.8. The summed E-state index contributed by atoms with van der Waals surface area (Å²) < 4.78 is 0. The van der Waals surface area contributed by atoms with Gasteiger partial charge in [0.1, 0.15) is 5.82 Å². The molecule has 2 heterocycles. The smallest absolute Gasteiger partial charge is 0.252 e. The third kappa shape index (κ3) is 5.48. The number of nitrogens with one attached hydrogen (secondary N) is 2. The number of imidazole rings is 1. The number of hydrogen-bond acceptors (Lipinski definition) is 3. The van der Waals surface area contributed by atoms with Crippen LogP contribution in [0.15, 0.2) is 43.9 Å². The third-order valence-corrected chi connectivity index (χ3v) is 2.82. The van der Waals surface area contributed by atoms with Crippen molar-refractivity contribution < 1.29 is 9.59 Å². The lowest BCUT2D eigenvalue weighted by atomic mass is 10.2. The molecule has 0 bridgehead atoms. The summed E-state index contributed by atoms with van der Waals surface area (Å²) in [6, 6.07) is 0. The van der Waals surface area contributed by atoms with Gasteiger partial charge >= 0.3 is 0 Å². The lowest BCUT2D eigenvalue weighted by Crippen LogP contribution is -2.31. The van der Waals surface area contributed by atoms with Crippen LogP contribution in [0, 0.1) is 0 Å². The number of H-pyrrole nitrogens is 1. The molecule has 2 N–H and O–H groups in total. The Hall–Kier alpha value is -2.63. The van der Waals surface area contributed by atoms with Crippen LogP contribution >= 0.6 is 0 Å². The van der Waals surface area contributed by atoms with Gasteiger partial charge in [-0.15, -0.1) is 0 Å². The van der Waals surface area contributed by atoms with Gasteiger partial charge < -0.3 is 15.2 Å². The highest BCUT2D eigenvalue weighted by Gasteiger charge is 2.21. The van der Waals surface area contributed by atoms with E-state index in [1.165, 1.54) is 6.20 Å². The molecule has 1 aromatic heterocycles. The summed E-state index contributed by atoms with van der Waals surface area (Å²) in [5.41, 5.74) is 0.389. The second kappa shape index (κ2) is 8.52. The largest absolute Gasteiger partial charge is 0.345 e. The zero-order valence-corrected chi connectivity index (χ0v) is 12.0. The van der Waals surface area contributed by atoms with Gasteiger partial charge in [-0.1, -0.05) is 19.7 Å². The molecular formula is C15H20N4O2. The maximum Gasteiger partial charge on any atom is 0.252 e. The van der Waals surface area contributed by atoms with E-state index in [0.717, 1.165) is 18.8 Å². The summed E-state index contributed by atoms with van der Waals surface area (Å²) in [6.45, 7) is 11.5. The number of aromatic amines is 1. The molecule has 6 nitrogen and oxygen atoms in total. The Balaban J connectivity index is 0.000000262. The number of aromatic nitrogens is 2. The second-order valence-corrected chi connectivity index (χ2v) is 4.38. The van der Waals surface area contributed by atoms with Gasteiger partial charge in [0.15, 0.2) is 0 Å². The van der Waals surface area contributed by atoms with Crippen LogP contribution < -0.4 is 5.32 Å². The summed E-state index contributed by atoms with van der Waals surface area (Å²) in [5, 5.41) is 2.42. The lowest BCUT2D eigenvalue weighted by Gasteiger charge is -2.15. The minimum absolute atomic E-state index is 0.0950. The van der Waals surface area contributed by atoms with E-state index in [1.54, 1.807) is 23.4 Å². The zero-order chi connectivity index (χ0) is 15.7. The van der Waals surface area contributed by atoms with E-state index in [2.05, 4.69) is 35.0 Å². The van der Waals surface area contributed by atoms with Crippen LogP contribution in [0.25, 0.3) is 6.08 Å². The Kier molecular flexibility index (Phi) is 6.67. The number of hydrogen-bond donors (Lipinski definition) is 2. The van der Waals surface area contributed by atoms with Crippen molar-refractivity contribution in [3.05, 3.63) is 49.7 Å². The van der Waals surface area contributed by atoms with E-state index in [1.807, 2.05) is 0 Å². The first-order valence-electron chi connectivity index (χ1n) is 6.57. The van der Waals surface area contributed by atoms with Crippen molar-refractivity contribution in [2.24, 2.45) is 0 Å². The molecule has 0 saturated carbocycles. The Bertz CT molecular complexity index is 520. The van der Waals surface area contributed by atoms with Gasteiger partial charge in [0, 0.05) is 30.9 Å². The molecular weight excluding hydrogens is 268 g/mol. The summed E-state index contributed by atoms with van der Waals surface area (Å²) >= 11 is 0. The fourth-order valence-electron chi connectivity index (χ4n) is 1.76. The van der Waals surface area contributed by atoms with Crippen molar-refractivity contribution in [3.8, 4) is 0 Å². The highest BCUT2D eigenvalue weighted by molar-refractivity contribution is 5.94. The van der Waals surface area contributed by atoms with Crippen LogP contribution in [0.3, 0.4) is 0 Å². The van der Waals surface area contributed by atoms with Crippen LogP contribution in [0.4, 0.5) is 0 Å². The van der Waals surface area contributed by atoms with Crippen LogP contribution in [0.2, 0.25) is 0 Å². The van der Waals surface area contributed by atoms with Crippen LogP contribution in [0.5, 0.6) is 0 Å². The second-order valence-electron chi connectivity index (χ2n) is 4.38. The maximum absolute atomic E-state index is 11.2. The SMILES string of the molecule is C=CNC(=O)C(=C)CN1CCCC1=O.C=Cc1ncc[nH]1. The summed E-state index contributed by atoms with van der Waals surface area (Å²) in [7, 11) is 0. The van der Waals surface area contributed by atoms with Gasteiger partial charge in [-0.2, -0.15) is 0 Å². The highest BCUT2D eigenvalue weighted by atomic mass is 16.2. The van der Waals surface area contributed by atoms with Crippen LogP contribution in [-0.2, 0) is 9.59 Å². The fraction of sp³-hybridized carbons (Fsp3) is 0.267. The molecule has 1 aliphatic rings. The van der Waals surface area contributed by atoms with Crippen molar-refractivity contribution in [3.63, 3.8) is 0 Å². The van der Waals surface area contributed by atoms with Crippen molar-refractivity contribution in [2.75, 3.05) is 13.1 Å². The first kappa shape index (κ1) is 16.4. The number of carbonyl (C=O) groups excluding carboxylic acids is 2. The lowest BCUT2D eigenvalue weighted by molar-refractivity contribution is -0.127. The standard InChI is InChI=1S/C10H14N2O2.C5H6N2/c1-3-11-10(14)8(2)7-12-6-4-5-9(12)13;1-2-5-6-3-4-7-5/h3H,1-2,4-7H2,(H,11,14);2-4H,1H2,(H,6,7). The van der Waals surface area contributed by atoms with E-state index in [4.69, 9.17) is 0 Å². The van der Waals surface area contributed by atoms with Gasteiger partial charge in [-0.3, -0.25) is 9.59 Å². The molecule has 6 heteroatoms. The van der Waals surface area contributed by atoms with E-state index in [9.17, 15) is 9.59 Å². The molecule has 1 aromatic rings. The first-order chi connectivity index (χ1) is 10.1. The van der Waals surface area contributed by atoms with Crippen LogP contribution in [0.1, 0.15) is 18.7 Å². The number of carbonyl (C=O) groups is 2. The Morgan fingerprint density at radius 1 is 1.52 bits per heavy atom. The van der Waals surface area contributed by atoms with E-state index in [-0.39, 0.29) is 11.8 Å². The van der Waals surface area contributed by atoms with Gasteiger partial charge in [0.05, 0.1) is 6.54 Å². The van der Waals surface area contributed by atoms with Crippen molar-refractivity contribution >= 4 is 17.9 Å². The van der Waals surface area contributed by atoms with Crippen LogP contribution in [-0.4, -0.2) is 39.8 Å². The predicted molar refractivity (Wildman–Crippen MR) is 82.0 cm³/mol. The topological polar surface area (TPSA) is 78.1 Å². The highest BCUT2D eigenvalue weighted by Crippen LogP contribution is 2.11. The first-order valence-corrected chi connectivity index (χ1v) is 6.57. The fourth-order valence-corrected chi connectivity index (χ4v) is 1.76. The molecule has 1 aliphatic heterocycles. The molecule has 0 spiro atoms. The summed E-state index contributed by atoms with van der Waals surface area (Å²) in [6.07, 6.45) is 7.87. The van der Waals surface area contributed by atoms with Crippen molar-refractivity contribution in [1.29, 1.82) is 0 Å². The maximum atomic E-state index is 11.2. The summed E-state index contributed by atoms with van der Waals surface area (Å²) in [5.74, 6) is 0.636. The molecule has 2 amide bonds. The van der Waals surface area contributed by atoms with E-state index in [0.29, 0.717) is 18.5 Å². The zero-order valence-electron chi connectivity index (χ0n) is 12.0. The number of rotatable bonds is 5. The Labute approximate surface area is 124 Å². The van der Waals surface area contributed by atoms with E-state index < -0.39 is 0 Å². The molecule has 0 atom stereocenters. The average molecular weight is 288 g/mol. The molecule has 1 fully saturated rings. The Morgan fingerprint density at radius 3 is 2.71 bits per heavy atom. The van der Waals surface area contributed by atoms with Gasteiger partial charge in [-0.25, -0.2) is 4.98 Å². The number of likely N-dealkylation sites (tertiary alicyclic amines) is 1. The van der Waals surface area contributed by atoms with Crippen molar-refractivity contribution in [1.82, 2.24) is 20.2 Å². The molecule has 2 rings (SSSR count). The molecule has 0 unspecified atom stereocenters. The molecule has 0 aromatic carbocycles. The molecule has 112 valence electrons. The van der Waals surface area contributed by atoms with Gasteiger partial charge in [0.2, 0.25) is 5.91 Å². The molecule has 0 aliphatic carbocycles. The number of amides is 2. The minimum Gasteiger partial charge on any atom is -0.345 e. The normalized spacial score (nSPS) is 13.1. The van der Waals surface area contributed by atoms with E-state index >= 15 is 0 Å². The third-order valence-electron chi connectivity index (χ3n) is 2.82. The Morgan fingerprint density at radius 2 is 2.29 bits per heavy atom. The average Bonchev–Trinajstić information content (AvgIpc) is 3.12. The molecule has 21 heavy (non-hydrogen) atoms. The van der Waals surface area contributed by atoms with Crippen molar-refractivity contribution in [2.45, 2.75) is 12.8 Å². The predicted octanol–water partition coefficient (Wildman–Crippen LogP) is 1.48. The monoisotopic (exact) mass is 288 g/mol. The minimum atomic E-state index is -0.278. The molecule has 0 radical (unpaired) electrons.